The van der Waals surface area contributed by atoms with Gasteiger partial charge in [-0.3, -0.25) is 9.78 Å². The molecule has 0 radical (unpaired) electrons. The third-order valence-corrected chi connectivity index (χ3v) is 5.98. The predicted molar refractivity (Wildman–Crippen MR) is 122 cm³/mol. The number of nitrogens with one attached hydrogen (secondary N) is 1. The molecule has 168 valence electrons. The number of pyridine rings is 2. The summed E-state index contributed by atoms with van der Waals surface area (Å²) in [6.45, 7) is 1.94. The number of carboxylic acids is 1. The van der Waals surface area contributed by atoms with Gasteiger partial charge in [-0.05, 0) is 62.8 Å². The number of hydrogen-bond acceptors (Lipinski definition) is 7. The van der Waals surface area contributed by atoms with E-state index in [0.717, 1.165) is 59.5 Å². The van der Waals surface area contributed by atoms with Crippen molar-refractivity contribution in [2.75, 3.05) is 0 Å². The van der Waals surface area contributed by atoms with Crippen molar-refractivity contribution < 1.29 is 14.6 Å². The van der Waals surface area contributed by atoms with E-state index in [1.54, 1.807) is 18.6 Å². The molecular weight excluding hydrogens is 420 g/mol. The highest BCUT2D eigenvalue weighted by molar-refractivity contribution is 5.76. The summed E-state index contributed by atoms with van der Waals surface area (Å²) in [4.78, 5) is 36.4. The third kappa shape index (κ3) is 4.82. The Kier molecular flexibility index (Phi) is 5.68. The predicted octanol–water partition coefficient (Wildman–Crippen LogP) is 4.20. The van der Waals surface area contributed by atoms with Gasteiger partial charge >= 0.3 is 12.0 Å². The lowest BCUT2D eigenvalue weighted by molar-refractivity contribution is -0.138. The van der Waals surface area contributed by atoms with Gasteiger partial charge in [0.15, 0.2) is 5.65 Å². The van der Waals surface area contributed by atoms with Gasteiger partial charge < -0.3 is 14.8 Å². The number of nitrogens with zero attached hydrogens (tertiary/aromatic N) is 5. The molecule has 0 unspecified atom stereocenters. The third-order valence-electron chi connectivity index (χ3n) is 5.98. The molecule has 0 bridgehead atoms. The Morgan fingerprint density at radius 2 is 1.76 bits per heavy atom. The number of carbonyl (C=O) groups is 1. The Morgan fingerprint density at radius 1 is 1.00 bits per heavy atom. The Labute approximate surface area is 190 Å². The van der Waals surface area contributed by atoms with E-state index in [1.165, 1.54) is 0 Å². The molecule has 0 saturated heterocycles. The average Bonchev–Trinajstić information content (AvgIpc) is 3.24. The summed E-state index contributed by atoms with van der Waals surface area (Å²) in [5.74, 6) is 0.226. The second-order valence-corrected chi connectivity index (χ2v) is 8.45. The van der Waals surface area contributed by atoms with Crippen LogP contribution in [0.2, 0.25) is 0 Å². The summed E-state index contributed by atoms with van der Waals surface area (Å²) in [5, 5.41) is 8.94. The van der Waals surface area contributed by atoms with Crippen LogP contribution in [0.5, 0.6) is 6.01 Å². The molecule has 2 N–H and O–H groups in total. The van der Waals surface area contributed by atoms with Crippen LogP contribution in [0.4, 0.5) is 0 Å². The summed E-state index contributed by atoms with van der Waals surface area (Å²) >= 11 is 0. The largest absolute Gasteiger partial charge is 0.481 e. The molecule has 33 heavy (non-hydrogen) atoms. The van der Waals surface area contributed by atoms with E-state index in [4.69, 9.17) is 9.84 Å². The zero-order valence-corrected chi connectivity index (χ0v) is 18.2. The number of aromatic amines is 1. The maximum Gasteiger partial charge on any atom is 0.316 e. The molecule has 0 atom stereocenters. The van der Waals surface area contributed by atoms with Crippen molar-refractivity contribution in [2.24, 2.45) is 5.92 Å². The fourth-order valence-corrected chi connectivity index (χ4v) is 4.19. The molecule has 9 nitrogen and oxygen atoms in total. The SMILES string of the molecule is Cc1ccc2[nH]c(-c3ccc(-c4cnc(OC5CCC(CC(=O)O)CC5)nc4)nc3)nc2n1. The van der Waals surface area contributed by atoms with Gasteiger partial charge in [-0.25, -0.2) is 19.9 Å². The molecule has 0 aliphatic heterocycles. The lowest BCUT2D eigenvalue weighted by Gasteiger charge is -2.27. The van der Waals surface area contributed by atoms with Crippen molar-refractivity contribution in [3.63, 3.8) is 0 Å². The summed E-state index contributed by atoms with van der Waals surface area (Å²) in [7, 11) is 0. The number of fused-ring (bicyclic) bond motifs is 1. The topological polar surface area (TPSA) is 127 Å². The van der Waals surface area contributed by atoms with Crippen molar-refractivity contribution >= 4 is 17.1 Å². The molecule has 9 heteroatoms. The van der Waals surface area contributed by atoms with Gasteiger partial charge in [0, 0.05) is 41.8 Å². The number of aryl methyl sites for hydroxylation is 1. The highest BCUT2D eigenvalue weighted by Gasteiger charge is 2.24. The summed E-state index contributed by atoms with van der Waals surface area (Å²) in [6, 6.07) is 8.11. The zero-order valence-electron chi connectivity index (χ0n) is 18.2. The van der Waals surface area contributed by atoms with Gasteiger partial charge in [-0.15, -0.1) is 0 Å². The Balaban J connectivity index is 1.22. The molecule has 0 spiro atoms. The minimum atomic E-state index is -0.732. The van der Waals surface area contributed by atoms with Crippen molar-refractivity contribution in [1.82, 2.24) is 29.9 Å². The molecule has 4 aromatic heterocycles. The van der Waals surface area contributed by atoms with Gasteiger partial charge in [0.05, 0.1) is 11.2 Å². The lowest BCUT2D eigenvalue weighted by atomic mass is 9.85. The van der Waals surface area contributed by atoms with E-state index in [-0.39, 0.29) is 18.4 Å². The first-order valence-corrected chi connectivity index (χ1v) is 11.0. The average molecular weight is 444 g/mol. The highest BCUT2D eigenvalue weighted by Crippen LogP contribution is 2.29. The van der Waals surface area contributed by atoms with Gasteiger partial charge in [-0.1, -0.05) is 0 Å². The monoisotopic (exact) mass is 444 g/mol. The normalized spacial score (nSPS) is 18.3. The van der Waals surface area contributed by atoms with Gasteiger partial charge in [0.25, 0.3) is 0 Å². The fourth-order valence-electron chi connectivity index (χ4n) is 4.19. The maximum atomic E-state index is 10.9. The van der Waals surface area contributed by atoms with Crippen LogP contribution in [0, 0.1) is 12.8 Å². The minimum Gasteiger partial charge on any atom is -0.481 e. The van der Waals surface area contributed by atoms with Crippen LogP contribution >= 0.6 is 0 Å². The lowest BCUT2D eigenvalue weighted by Crippen LogP contribution is -2.25. The van der Waals surface area contributed by atoms with E-state index in [1.807, 2.05) is 31.2 Å². The van der Waals surface area contributed by atoms with Crippen molar-refractivity contribution in [3.8, 4) is 28.7 Å². The molecular formula is C24H24N6O3. The molecule has 4 aromatic rings. The number of imidazole rings is 1. The number of carboxylic acid groups (broad SMARTS) is 1. The van der Waals surface area contributed by atoms with Crippen LogP contribution in [-0.4, -0.2) is 47.1 Å². The second kappa shape index (κ2) is 8.93. The molecule has 1 fully saturated rings. The standard InChI is InChI=1S/C24H24N6O3/c1-14-2-8-20-23(28-14)30-22(29-20)16-5-9-19(25-11-16)17-12-26-24(27-13-17)33-18-6-3-15(4-7-18)10-21(31)32/h2,5,8-9,11-13,15,18H,3-4,6-7,10H2,1H3,(H,31,32)(H,28,29,30). The first kappa shape index (κ1) is 21.0. The fraction of sp³-hybridized carbons (Fsp3) is 0.333. The molecule has 5 rings (SSSR count). The van der Waals surface area contributed by atoms with Crippen molar-refractivity contribution in [3.05, 3.63) is 48.5 Å². The van der Waals surface area contributed by atoms with E-state index < -0.39 is 5.97 Å². The van der Waals surface area contributed by atoms with E-state index in [0.29, 0.717) is 11.7 Å². The molecule has 1 saturated carbocycles. The Morgan fingerprint density at radius 3 is 2.45 bits per heavy atom. The van der Waals surface area contributed by atoms with Crippen LogP contribution in [0.25, 0.3) is 33.8 Å². The first-order chi connectivity index (χ1) is 16.0. The van der Waals surface area contributed by atoms with Gasteiger partial charge in [-0.2, -0.15) is 0 Å². The van der Waals surface area contributed by atoms with Crippen molar-refractivity contribution in [2.45, 2.75) is 45.1 Å². The van der Waals surface area contributed by atoms with Crippen LogP contribution in [0.15, 0.2) is 42.9 Å². The minimum absolute atomic E-state index is 0.0281. The number of rotatable bonds is 6. The van der Waals surface area contributed by atoms with Gasteiger partial charge in [0.1, 0.15) is 11.9 Å². The summed E-state index contributed by atoms with van der Waals surface area (Å²) in [5.41, 5.74) is 4.92. The number of hydrogen-bond donors (Lipinski definition) is 2. The summed E-state index contributed by atoms with van der Waals surface area (Å²) < 4.78 is 5.91. The van der Waals surface area contributed by atoms with E-state index in [2.05, 4.69) is 29.9 Å². The van der Waals surface area contributed by atoms with Crippen molar-refractivity contribution in [1.29, 1.82) is 0 Å². The molecule has 0 amide bonds. The number of H-pyrrole nitrogens is 1. The highest BCUT2D eigenvalue weighted by atomic mass is 16.5. The second-order valence-electron chi connectivity index (χ2n) is 8.45. The molecule has 4 heterocycles. The van der Waals surface area contributed by atoms with Crippen LogP contribution < -0.4 is 4.74 Å². The molecule has 1 aliphatic carbocycles. The van der Waals surface area contributed by atoms with E-state index >= 15 is 0 Å². The smallest absolute Gasteiger partial charge is 0.316 e. The number of ether oxygens (including phenoxy) is 1. The quantitative estimate of drug-likeness (QED) is 0.453. The van der Waals surface area contributed by atoms with Crippen LogP contribution in [0.3, 0.4) is 0 Å². The Bertz CT molecular complexity index is 1260. The molecule has 1 aliphatic rings. The van der Waals surface area contributed by atoms with Crippen LogP contribution in [0.1, 0.15) is 37.8 Å². The zero-order chi connectivity index (χ0) is 22.8. The first-order valence-electron chi connectivity index (χ1n) is 11.0. The van der Waals surface area contributed by atoms with Crippen LogP contribution in [-0.2, 0) is 4.79 Å². The maximum absolute atomic E-state index is 10.9. The Hall–Kier alpha value is -3.88. The number of aliphatic carboxylic acids is 1. The number of aromatic nitrogens is 6. The van der Waals surface area contributed by atoms with E-state index in [9.17, 15) is 4.79 Å². The molecule has 0 aromatic carbocycles. The van der Waals surface area contributed by atoms with Gasteiger partial charge in [0.2, 0.25) is 0 Å². The summed E-state index contributed by atoms with van der Waals surface area (Å²) in [6.07, 6.45) is 8.78.